The fourth-order valence-corrected chi connectivity index (χ4v) is 3.12. The number of thiazole rings is 1. The molecule has 4 heteroatoms. The molecule has 94 valence electrons. The van der Waals surface area contributed by atoms with Gasteiger partial charge in [0.05, 0.1) is 11.4 Å². The van der Waals surface area contributed by atoms with E-state index in [4.69, 9.17) is 0 Å². The first-order valence-electron chi connectivity index (χ1n) is 5.88. The molecule has 0 aliphatic carbocycles. The van der Waals surface area contributed by atoms with Crippen LogP contribution < -0.4 is 0 Å². The van der Waals surface area contributed by atoms with Crippen LogP contribution in [0.25, 0.3) is 22.0 Å². The third-order valence-corrected chi connectivity index (χ3v) is 4.32. The Balaban J connectivity index is 2.03. The van der Waals surface area contributed by atoms with Gasteiger partial charge in [0.1, 0.15) is 5.01 Å². The van der Waals surface area contributed by atoms with Crippen LogP contribution in [0, 0.1) is 6.92 Å². The Bertz CT molecular complexity index is 721. The van der Waals surface area contributed by atoms with E-state index < -0.39 is 0 Å². The van der Waals surface area contributed by atoms with E-state index in [1.54, 1.807) is 11.3 Å². The molecular formula is C15H11BrN2S. The second-order valence-electron chi connectivity index (χ2n) is 4.18. The summed E-state index contributed by atoms with van der Waals surface area (Å²) in [6, 6.07) is 14.1. The predicted molar refractivity (Wildman–Crippen MR) is 83.2 cm³/mol. The van der Waals surface area contributed by atoms with Crippen molar-refractivity contribution in [2.75, 3.05) is 0 Å². The highest BCUT2D eigenvalue weighted by atomic mass is 79.9. The molecular weight excluding hydrogens is 320 g/mol. The van der Waals surface area contributed by atoms with E-state index in [-0.39, 0.29) is 0 Å². The van der Waals surface area contributed by atoms with Gasteiger partial charge in [-0.1, -0.05) is 40.2 Å². The lowest BCUT2D eigenvalue weighted by atomic mass is 10.2. The van der Waals surface area contributed by atoms with Gasteiger partial charge in [-0.3, -0.25) is 4.98 Å². The Morgan fingerprint density at radius 3 is 2.58 bits per heavy atom. The molecule has 0 fully saturated rings. The molecule has 0 spiro atoms. The third-order valence-electron chi connectivity index (χ3n) is 2.76. The number of benzene rings is 1. The highest BCUT2D eigenvalue weighted by molar-refractivity contribution is 9.10. The number of aromatic nitrogens is 2. The van der Waals surface area contributed by atoms with Crippen molar-refractivity contribution in [3.05, 3.63) is 58.0 Å². The highest BCUT2D eigenvalue weighted by Crippen LogP contribution is 2.31. The lowest BCUT2D eigenvalue weighted by Gasteiger charge is -1.99. The summed E-state index contributed by atoms with van der Waals surface area (Å²) in [6.07, 6.45) is 0. The van der Waals surface area contributed by atoms with Gasteiger partial charge in [0.15, 0.2) is 0 Å². The summed E-state index contributed by atoms with van der Waals surface area (Å²) in [5, 5.41) is 3.02. The van der Waals surface area contributed by atoms with Crippen molar-refractivity contribution in [1.29, 1.82) is 0 Å². The second-order valence-corrected chi connectivity index (χ2v) is 5.89. The van der Waals surface area contributed by atoms with Crippen LogP contribution in [0.15, 0.2) is 52.3 Å². The quantitative estimate of drug-likeness (QED) is 0.664. The fraction of sp³-hybridized carbons (Fsp3) is 0.0667. The van der Waals surface area contributed by atoms with Crippen molar-refractivity contribution < 1.29 is 0 Å². The number of halogens is 1. The standard InChI is InChI=1S/C15H11BrN2S/c1-10-5-4-8-13(17-10)15-18-14(9-19-15)11-6-2-3-7-12(11)16/h2-9H,1H3. The molecule has 0 saturated carbocycles. The van der Waals surface area contributed by atoms with E-state index in [9.17, 15) is 0 Å². The molecule has 0 aliphatic heterocycles. The minimum atomic E-state index is 0.934. The second kappa shape index (κ2) is 5.23. The van der Waals surface area contributed by atoms with Crippen LogP contribution in [0.1, 0.15) is 5.69 Å². The van der Waals surface area contributed by atoms with Gasteiger partial charge in [-0.05, 0) is 25.1 Å². The topological polar surface area (TPSA) is 25.8 Å². The van der Waals surface area contributed by atoms with Gasteiger partial charge in [0.2, 0.25) is 0 Å². The average molecular weight is 331 g/mol. The Morgan fingerprint density at radius 1 is 0.947 bits per heavy atom. The molecule has 0 bridgehead atoms. The molecule has 0 radical (unpaired) electrons. The Kier molecular flexibility index (Phi) is 3.44. The Morgan fingerprint density at radius 2 is 1.79 bits per heavy atom. The predicted octanol–water partition coefficient (Wildman–Crippen LogP) is 4.94. The van der Waals surface area contributed by atoms with Crippen LogP contribution in [0.2, 0.25) is 0 Å². The van der Waals surface area contributed by atoms with E-state index >= 15 is 0 Å². The maximum atomic E-state index is 4.68. The maximum absolute atomic E-state index is 4.68. The van der Waals surface area contributed by atoms with E-state index in [0.29, 0.717) is 0 Å². The van der Waals surface area contributed by atoms with E-state index in [2.05, 4.69) is 37.3 Å². The maximum Gasteiger partial charge on any atom is 0.142 e. The van der Waals surface area contributed by atoms with Gasteiger partial charge in [-0.2, -0.15) is 0 Å². The molecule has 2 aromatic heterocycles. The van der Waals surface area contributed by atoms with Crippen LogP contribution in [0.5, 0.6) is 0 Å². The van der Waals surface area contributed by atoms with Gasteiger partial charge in [-0.25, -0.2) is 4.98 Å². The summed E-state index contributed by atoms with van der Waals surface area (Å²) in [5.41, 5.74) is 4.03. The number of pyridine rings is 1. The largest absolute Gasteiger partial charge is 0.251 e. The first-order chi connectivity index (χ1) is 9.24. The van der Waals surface area contributed by atoms with Crippen LogP contribution >= 0.6 is 27.3 Å². The third kappa shape index (κ3) is 2.60. The first-order valence-corrected chi connectivity index (χ1v) is 7.56. The number of hydrogen-bond acceptors (Lipinski definition) is 3. The first kappa shape index (κ1) is 12.5. The molecule has 0 atom stereocenters. The monoisotopic (exact) mass is 330 g/mol. The van der Waals surface area contributed by atoms with Gasteiger partial charge < -0.3 is 0 Å². The van der Waals surface area contributed by atoms with Gasteiger partial charge >= 0.3 is 0 Å². The molecule has 0 amide bonds. The zero-order valence-corrected chi connectivity index (χ0v) is 12.7. The van der Waals surface area contributed by atoms with Crippen LogP contribution in [0.3, 0.4) is 0 Å². The summed E-state index contributed by atoms with van der Waals surface area (Å²) < 4.78 is 1.06. The minimum absolute atomic E-state index is 0.934. The Labute approximate surface area is 124 Å². The van der Waals surface area contributed by atoms with E-state index in [1.807, 2.05) is 43.3 Å². The van der Waals surface area contributed by atoms with Gasteiger partial charge in [-0.15, -0.1) is 11.3 Å². The molecule has 3 rings (SSSR count). The van der Waals surface area contributed by atoms with E-state index in [0.717, 1.165) is 32.1 Å². The molecule has 2 heterocycles. The molecule has 1 aromatic carbocycles. The average Bonchev–Trinajstić information content (AvgIpc) is 2.89. The number of aryl methyl sites for hydroxylation is 1. The number of rotatable bonds is 2. The summed E-state index contributed by atoms with van der Waals surface area (Å²) in [6.45, 7) is 1.99. The zero-order valence-electron chi connectivity index (χ0n) is 10.3. The zero-order chi connectivity index (χ0) is 13.2. The van der Waals surface area contributed by atoms with Crippen molar-refractivity contribution in [2.45, 2.75) is 6.92 Å². The lowest BCUT2D eigenvalue weighted by molar-refractivity contribution is 1.19. The van der Waals surface area contributed by atoms with Crippen LogP contribution in [-0.4, -0.2) is 9.97 Å². The van der Waals surface area contributed by atoms with Gasteiger partial charge in [0, 0.05) is 21.1 Å². The summed E-state index contributed by atoms with van der Waals surface area (Å²) in [7, 11) is 0. The molecule has 0 unspecified atom stereocenters. The van der Waals surface area contributed by atoms with Crippen LogP contribution in [0.4, 0.5) is 0 Å². The van der Waals surface area contributed by atoms with Crippen molar-refractivity contribution in [3.8, 4) is 22.0 Å². The van der Waals surface area contributed by atoms with Crippen LogP contribution in [-0.2, 0) is 0 Å². The number of hydrogen-bond donors (Lipinski definition) is 0. The van der Waals surface area contributed by atoms with Crippen molar-refractivity contribution in [1.82, 2.24) is 9.97 Å². The van der Waals surface area contributed by atoms with Crippen molar-refractivity contribution >= 4 is 27.3 Å². The SMILES string of the molecule is Cc1cccc(-c2nc(-c3ccccc3Br)cs2)n1. The fourth-order valence-electron chi connectivity index (χ4n) is 1.85. The van der Waals surface area contributed by atoms with Crippen molar-refractivity contribution in [3.63, 3.8) is 0 Å². The summed E-state index contributed by atoms with van der Waals surface area (Å²) in [4.78, 5) is 9.19. The highest BCUT2D eigenvalue weighted by Gasteiger charge is 2.09. The Hall–Kier alpha value is -1.52. The van der Waals surface area contributed by atoms with Gasteiger partial charge in [0.25, 0.3) is 0 Å². The molecule has 3 aromatic rings. The lowest BCUT2D eigenvalue weighted by Crippen LogP contribution is -1.86. The molecule has 0 saturated heterocycles. The molecule has 19 heavy (non-hydrogen) atoms. The van der Waals surface area contributed by atoms with E-state index in [1.165, 1.54) is 0 Å². The molecule has 2 nitrogen and oxygen atoms in total. The summed E-state index contributed by atoms with van der Waals surface area (Å²) in [5.74, 6) is 0. The molecule has 0 N–H and O–H groups in total. The molecule has 0 aliphatic rings. The number of nitrogens with zero attached hydrogens (tertiary/aromatic N) is 2. The smallest absolute Gasteiger partial charge is 0.142 e. The van der Waals surface area contributed by atoms with Crippen molar-refractivity contribution in [2.24, 2.45) is 0 Å². The summed E-state index contributed by atoms with van der Waals surface area (Å²) >= 11 is 5.18. The minimum Gasteiger partial charge on any atom is -0.251 e. The normalized spacial score (nSPS) is 10.6.